The average Bonchev–Trinajstić information content (AvgIpc) is 2.67. The van der Waals surface area contributed by atoms with Crippen LogP contribution in [0.2, 0.25) is 0 Å². The zero-order chi connectivity index (χ0) is 13.0. The largest absolute Gasteiger partial charge is 0.330 e. The highest BCUT2D eigenvalue weighted by Gasteiger charge is 2.29. The van der Waals surface area contributed by atoms with Gasteiger partial charge in [-0.05, 0) is 13.0 Å². The topological polar surface area (TPSA) is 34.0 Å². The Hall–Kier alpha value is -1.62. The van der Waals surface area contributed by atoms with Gasteiger partial charge in [0.2, 0.25) is 5.91 Å². The normalized spacial score (nSPS) is 18.2. The monoisotopic (exact) mass is 270 g/mol. The van der Waals surface area contributed by atoms with Gasteiger partial charge < -0.3 is 9.88 Å². The number of alkyl halides is 1. The summed E-state index contributed by atoms with van der Waals surface area (Å²) in [5.74, 6) is -1.53. The number of nitrogens with zero attached hydrogens (tertiary/aromatic N) is 1. The number of benzene rings is 1. The number of amides is 1. The molecule has 0 radical (unpaired) electrons. The van der Waals surface area contributed by atoms with Crippen LogP contribution >= 0.6 is 11.6 Å². The van der Waals surface area contributed by atoms with Crippen molar-refractivity contribution in [3.05, 3.63) is 29.5 Å². The number of rotatable bonds is 1. The molecule has 0 spiro atoms. The van der Waals surface area contributed by atoms with Crippen LogP contribution in [0.3, 0.4) is 0 Å². The van der Waals surface area contributed by atoms with E-state index in [1.54, 1.807) is 6.92 Å². The smallest absolute Gasteiger partial charge is 0.247 e. The van der Waals surface area contributed by atoms with E-state index >= 15 is 0 Å². The van der Waals surface area contributed by atoms with Gasteiger partial charge in [0.05, 0.1) is 11.4 Å². The molecule has 1 aromatic carbocycles. The molecule has 18 heavy (non-hydrogen) atoms. The number of hydrogen-bond acceptors (Lipinski definition) is 1. The fourth-order valence-electron chi connectivity index (χ4n) is 2.28. The van der Waals surface area contributed by atoms with Crippen LogP contribution in [0.1, 0.15) is 18.5 Å². The molecule has 0 saturated heterocycles. The molecule has 3 nitrogen and oxygen atoms in total. The van der Waals surface area contributed by atoms with Gasteiger partial charge in [0.15, 0.2) is 5.82 Å². The Morgan fingerprint density at radius 3 is 2.89 bits per heavy atom. The van der Waals surface area contributed by atoms with Gasteiger partial charge in [-0.3, -0.25) is 4.79 Å². The van der Waals surface area contributed by atoms with Crippen LogP contribution in [-0.4, -0.2) is 10.5 Å². The first kappa shape index (κ1) is 11.5. The molecule has 1 atom stereocenters. The van der Waals surface area contributed by atoms with Crippen LogP contribution in [0.15, 0.2) is 12.3 Å². The zero-order valence-corrected chi connectivity index (χ0v) is 10.2. The molecule has 1 N–H and O–H groups in total. The summed E-state index contributed by atoms with van der Waals surface area (Å²) in [6.45, 7) is 1.63. The standard InChI is InChI=1S/C12H9ClF2N2O/c1-5-12(18)16-10-9(15)6(3-13)2-7-8(14)4-17(5)11(7)10/h2,4-5H,3H2,1H3,(H,16,18). The second-order valence-electron chi connectivity index (χ2n) is 4.30. The molecule has 1 unspecified atom stereocenters. The van der Waals surface area contributed by atoms with E-state index in [1.165, 1.54) is 16.8 Å². The highest BCUT2D eigenvalue weighted by atomic mass is 35.5. The van der Waals surface area contributed by atoms with Crippen molar-refractivity contribution in [3.63, 3.8) is 0 Å². The molecule has 1 amide bonds. The molecule has 0 saturated carbocycles. The summed E-state index contributed by atoms with van der Waals surface area (Å²) in [6.07, 6.45) is 1.22. The lowest BCUT2D eigenvalue weighted by Gasteiger charge is -2.23. The molecule has 94 valence electrons. The van der Waals surface area contributed by atoms with Crippen LogP contribution in [0, 0.1) is 11.6 Å². The average molecular weight is 271 g/mol. The minimum atomic E-state index is -0.600. The van der Waals surface area contributed by atoms with E-state index < -0.39 is 17.7 Å². The van der Waals surface area contributed by atoms with Gasteiger partial charge in [-0.2, -0.15) is 0 Å². The van der Waals surface area contributed by atoms with Gasteiger partial charge in [-0.1, -0.05) is 0 Å². The lowest BCUT2D eigenvalue weighted by molar-refractivity contribution is -0.118. The van der Waals surface area contributed by atoms with E-state index in [9.17, 15) is 13.6 Å². The van der Waals surface area contributed by atoms with Crippen molar-refractivity contribution in [2.45, 2.75) is 18.8 Å². The Labute approximate surface area is 106 Å². The van der Waals surface area contributed by atoms with Crippen molar-refractivity contribution in [1.82, 2.24) is 4.57 Å². The van der Waals surface area contributed by atoms with Gasteiger partial charge >= 0.3 is 0 Å². The molecule has 0 bridgehead atoms. The Bertz CT molecular complexity index is 681. The number of anilines is 1. The van der Waals surface area contributed by atoms with Crippen LogP contribution in [0.25, 0.3) is 10.9 Å². The first-order chi connectivity index (χ1) is 8.54. The molecule has 0 aliphatic carbocycles. The summed E-state index contributed by atoms with van der Waals surface area (Å²) in [5.41, 5.74) is 0.548. The summed E-state index contributed by atoms with van der Waals surface area (Å²) in [6, 6.07) is 0.822. The van der Waals surface area contributed by atoms with Crippen LogP contribution in [0.5, 0.6) is 0 Å². The highest BCUT2D eigenvalue weighted by Crippen LogP contribution is 2.37. The number of aromatic nitrogens is 1. The van der Waals surface area contributed by atoms with E-state index in [-0.39, 0.29) is 28.4 Å². The number of carbonyl (C=O) groups excluding carboxylic acids is 1. The molecular weight excluding hydrogens is 262 g/mol. The first-order valence-corrected chi connectivity index (χ1v) is 5.96. The summed E-state index contributed by atoms with van der Waals surface area (Å²) >= 11 is 5.62. The summed E-state index contributed by atoms with van der Waals surface area (Å²) in [7, 11) is 0. The maximum atomic E-state index is 14.1. The zero-order valence-electron chi connectivity index (χ0n) is 9.43. The first-order valence-electron chi connectivity index (χ1n) is 5.42. The molecule has 1 aliphatic heterocycles. The third kappa shape index (κ3) is 1.31. The molecule has 2 heterocycles. The van der Waals surface area contributed by atoms with Gasteiger partial charge in [-0.25, -0.2) is 8.78 Å². The van der Waals surface area contributed by atoms with Gasteiger partial charge in [0.1, 0.15) is 17.5 Å². The van der Waals surface area contributed by atoms with Crippen molar-refractivity contribution in [2.24, 2.45) is 0 Å². The van der Waals surface area contributed by atoms with Gasteiger partial charge in [0, 0.05) is 17.1 Å². The minimum absolute atomic E-state index is 0.00940. The summed E-state index contributed by atoms with van der Waals surface area (Å²) in [4.78, 5) is 11.7. The van der Waals surface area contributed by atoms with Crippen molar-refractivity contribution in [3.8, 4) is 0 Å². The fourth-order valence-corrected chi connectivity index (χ4v) is 2.48. The van der Waals surface area contributed by atoms with E-state index in [0.29, 0.717) is 5.52 Å². The van der Waals surface area contributed by atoms with Crippen LogP contribution < -0.4 is 5.32 Å². The second kappa shape index (κ2) is 3.68. The molecule has 2 aromatic rings. The highest BCUT2D eigenvalue weighted by molar-refractivity contribution is 6.17. The van der Waals surface area contributed by atoms with E-state index in [1.807, 2.05) is 0 Å². The van der Waals surface area contributed by atoms with E-state index in [2.05, 4.69) is 5.32 Å². The number of halogens is 3. The molecule has 6 heteroatoms. The number of carbonyl (C=O) groups is 1. The molecule has 0 fully saturated rings. The van der Waals surface area contributed by atoms with Crippen LogP contribution in [-0.2, 0) is 10.7 Å². The Morgan fingerprint density at radius 1 is 1.50 bits per heavy atom. The van der Waals surface area contributed by atoms with E-state index in [4.69, 9.17) is 11.6 Å². The van der Waals surface area contributed by atoms with Crippen molar-refractivity contribution < 1.29 is 13.6 Å². The molecular formula is C12H9ClF2N2O. The third-order valence-corrected chi connectivity index (χ3v) is 3.56. The number of hydrogen-bond donors (Lipinski definition) is 1. The van der Waals surface area contributed by atoms with Crippen LogP contribution in [0.4, 0.5) is 14.5 Å². The Balaban J connectivity index is 2.47. The SMILES string of the molecule is CC1C(=O)Nc2c(F)c(CCl)cc3c(F)cn1c23. The maximum Gasteiger partial charge on any atom is 0.247 e. The number of nitrogens with one attached hydrogen (secondary N) is 1. The fraction of sp³-hybridized carbons (Fsp3) is 0.250. The lowest BCUT2D eigenvalue weighted by Crippen LogP contribution is -2.28. The van der Waals surface area contributed by atoms with E-state index in [0.717, 1.165) is 0 Å². The summed E-state index contributed by atoms with van der Waals surface area (Å²) in [5, 5.41) is 2.74. The van der Waals surface area contributed by atoms with Crippen molar-refractivity contribution in [2.75, 3.05) is 5.32 Å². The molecule has 1 aliphatic rings. The van der Waals surface area contributed by atoms with Gasteiger partial charge in [-0.15, -0.1) is 11.6 Å². The Morgan fingerprint density at radius 2 is 2.22 bits per heavy atom. The van der Waals surface area contributed by atoms with Gasteiger partial charge in [0.25, 0.3) is 0 Å². The Kier molecular flexibility index (Phi) is 2.35. The predicted molar refractivity (Wildman–Crippen MR) is 64.8 cm³/mol. The van der Waals surface area contributed by atoms with Crippen molar-refractivity contribution in [1.29, 1.82) is 0 Å². The lowest BCUT2D eigenvalue weighted by atomic mass is 10.1. The van der Waals surface area contributed by atoms with Crippen molar-refractivity contribution >= 4 is 34.1 Å². The summed E-state index contributed by atoms with van der Waals surface area (Å²) < 4.78 is 29.4. The minimum Gasteiger partial charge on any atom is -0.330 e. The molecule has 3 rings (SSSR count). The quantitative estimate of drug-likeness (QED) is 0.794. The predicted octanol–water partition coefficient (Wildman–Crippen LogP) is 3.17. The molecule has 1 aromatic heterocycles. The second-order valence-corrected chi connectivity index (χ2v) is 4.57. The maximum absolute atomic E-state index is 14.1. The third-order valence-electron chi connectivity index (χ3n) is 3.27.